The van der Waals surface area contributed by atoms with Crippen LogP contribution in [0, 0.1) is 6.92 Å². The van der Waals surface area contributed by atoms with Gasteiger partial charge in [-0.2, -0.15) is 0 Å². The molecule has 0 bridgehead atoms. The van der Waals surface area contributed by atoms with Gasteiger partial charge in [0.25, 0.3) is 0 Å². The molecule has 2 aromatic rings. The molecule has 0 atom stereocenters. The number of carboxylic acids is 1. The van der Waals surface area contributed by atoms with Gasteiger partial charge in [-0.25, -0.2) is 0 Å². The third kappa shape index (κ3) is 3.55. The van der Waals surface area contributed by atoms with E-state index in [0.29, 0.717) is 11.1 Å². The highest BCUT2D eigenvalue weighted by molar-refractivity contribution is 7.99. The Bertz CT molecular complexity index is 642. The maximum Gasteiger partial charge on any atom is 0.313 e. The third-order valence-corrected chi connectivity index (χ3v) is 4.01. The lowest BCUT2D eigenvalue weighted by Gasteiger charge is -2.21. The van der Waals surface area contributed by atoms with Crippen molar-refractivity contribution < 1.29 is 9.90 Å². The van der Waals surface area contributed by atoms with Crippen LogP contribution in [0.25, 0.3) is 0 Å². The number of anilines is 2. The largest absolute Gasteiger partial charge is 0.481 e. The molecule has 21 heavy (non-hydrogen) atoms. The average Bonchev–Trinajstić information content (AvgIpc) is 2.79. The molecule has 0 unspecified atom stereocenters. The molecule has 0 radical (unpaired) electrons. The average molecular weight is 306 g/mol. The lowest BCUT2D eigenvalue weighted by molar-refractivity contribution is -0.133. The number of hydrogen-bond donors (Lipinski definition) is 1. The maximum atomic E-state index is 10.7. The first-order chi connectivity index (χ1) is 10.0. The molecule has 1 aromatic heterocycles. The molecule has 0 saturated heterocycles. The highest BCUT2D eigenvalue weighted by Gasteiger charge is 2.17. The molecule has 2 rings (SSSR count). The summed E-state index contributed by atoms with van der Waals surface area (Å²) in [6, 6.07) is 8.16. The van der Waals surface area contributed by atoms with Gasteiger partial charge in [-0.15, -0.1) is 10.2 Å². The second-order valence-corrected chi connectivity index (χ2v) is 5.55. The Morgan fingerprint density at radius 2 is 2.19 bits per heavy atom. The van der Waals surface area contributed by atoms with E-state index in [1.54, 1.807) is 0 Å². The number of hydrogen-bond acceptors (Lipinski definition) is 5. The number of aliphatic carboxylic acids is 1. The molecule has 1 N–H and O–H groups in total. The van der Waals surface area contributed by atoms with Crippen LogP contribution in [0.2, 0.25) is 0 Å². The van der Waals surface area contributed by atoms with Crippen LogP contribution in [0.3, 0.4) is 0 Å². The molecule has 6 nitrogen and oxygen atoms in total. The van der Waals surface area contributed by atoms with Crippen LogP contribution >= 0.6 is 11.8 Å². The first-order valence-corrected chi connectivity index (χ1v) is 7.59. The summed E-state index contributed by atoms with van der Waals surface area (Å²) >= 11 is 1.17. The smallest absolute Gasteiger partial charge is 0.313 e. The summed E-state index contributed by atoms with van der Waals surface area (Å²) in [4.78, 5) is 12.7. The molecule has 0 spiro atoms. The summed E-state index contributed by atoms with van der Waals surface area (Å²) in [7, 11) is 1.85. The molecule has 1 heterocycles. The fraction of sp³-hybridized carbons (Fsp3) is 0.357. The SMILES string of the molecule is CCN(c1cccc(C)c1)c1nnc(SCC(=O)O)n1C. The summed E-state index contributed by atoms with van der Waals surface area (Å²) in [6.07, 6.45) is 0. The van der Waals surface area contributed by atoms with Crippen molar-refractivity contribution in [2.75, 3.05) is 17.2 Å². The predicted molar refractivity (Wildman–Crippen MR) is 83.2 cm³/mol. The summed E-state index contributed by atoms with van der Waals surface area (Å²) in [5, 5.41) is 17.6. The van der Waals surface area contributed by atoms with Crippen molar-refractivity contribution in [2.45, 2.75) is 19.0 Å². The van der Waals surface area contributed by atoms with Gasteiger partial charge in [0, 0.05) is 19.3 Å². The van der Waals surface area contributed by atoms with Crippen LogP contribution in [-0.2, 0) is 11.8 Å². The summed E-state index contributed by atoms with van der Waals surface area (Å²) in [6.45, 7) is 4.84. The highest BCUT2D eigenvalue weighted by atomic mass is 32.2. The highest BCUT2D eigenvalue weighted by Crippen LogP contribution is 2.26. The van der Waals surface area contributed by atoms with E-state index in [9.17, 15) is 4.79 Å². The molecule has 0 saturated carbocycles. The first-order valence-electron chi connectivity index (χ1n) is 6.61. The van der Waals surface area contributed by atoms with Crippen molar-refractivity contribution in [3.8, 4) is 0 Å². The monoisotopic (exact) mass is 306 g/mol. The lowest BCUT2D eigenvalue weighted by Crippen LogP contribution is -2.20. The quantitative estimate of drug-likeness (QED) is 0.827. The van der Waals surface area contributed by atoms with Gasteiger partial charge < -0.3 is 10.0 Å². The van der Waals surface area contributed by atoms with E-state index in [1.807, 2.05) is 48.6 Å². The van der Waals surface area contributed by atoms with Crippen LogP contribution in [0.15, 0.2) is 29.4 Å². The molecule has 112 valence electrons. The van der Waals surface area contributed by atoms with Crippen molar-refractivity contribution in [3.05, 3.63) is 29.8 Å². The number of nitrogens with zero attached hydrogens (tertiary/aromatic N) is 4. The molecule has 7 heteroatoms. The van der Waals surface area contributed by atoms with Crippen LogP contribution in [0.4, 0.5) is 11.6 Å². The molecule has 0 aliphatic heterocycles. The van der Waals surface area contributed by atoms with Crippen molar-refractivity contribution in [2.24, 2.45) is 7.05 Å². The minimum atomic E-state index is -0.865. The van der Waals surface area contributed by atoms with Crippen molar-refractivity contribution in [1.82, 2.24) is 14.8 Å². The summed E-state index contributed by atoms with van der Waals surface area (Å²) < 4.78 is 1.82. The van der Waals surface area contributed by atoms with Crippen molar-refractivity contribution in [1.29, 1.82) is 0 Å². The molecule has 0 amide bonds. The van der Waals surface area contributed by atoms with Gasteiger partial charge in [-0.3, -0.25) is 9.36 Å². The van der Waals surface area contributed by atoms with Crippen LogP contribution in [0.5, 0.6) is 0 Å². The third-order valence-electron chi connectivity index (χ3n) is 3.01. The fourth-order valence-corrected chi connectivity index (χ4v) is 2.66. The number of aromatic nitrogens is 3. The predicted octanol–water partition coefficient (Wildman–Crippen LogP) is 2.46. The first kappa shape index (κ1) is 15.4. The van der Waals surface area contributed by atoms with E-state index in [0.717, 1.165) is 12.2 Å². The number of carbonyl (C=O) groups is 1. The molecular formula is C14H18N4O2S. The topological polar surface area (TPSA) is 71.2 Å². The Morgan fingerprint density at radius 1 is 1.43 bits per heavy atom. The molecule has 1 aromatic carbocycles. The van der Waals surface area contributed by atoms with Gasteiger partial charge in [0.1, 0.15) is 0 Å². The van der Waals surface area contributed by atoms with E-state index >= 15 is 0 Å². The zero-order valence-electron chi connectivity index (χ0n) is 12.3. The van der Waals surface area contributed by atoms with Crippen LogP contribution in [0.1, 0.15) is 12.5 Å². The maximum absolute atomic E-state index is 10.7. The molecule has 0 fully saturated rings. The number of aryl methyl sites for hydroxylation is 1. The van der Waals surface area contributed by atoms with Crippen molar-refractivity contribution in [3.63, 3.8) is 0 Å². The standard InChI is InChI=1S/C14H18N4O2S/c1-4-18(11-7-5-6-10(2)8-11)13-15-16-14(17(13)3)21-9-12(19)20/h5-8H,4,9H2,1-3H3,(H,19,20). The van der Waals surface area contributed by atoms with E-state index < -0.39 is 5.97 Å². The van der Waals surface area contributed by atoms with Gasteiger partial charge in [0.2, 0.25) is 5.95 Å². The summed E-state index contributed by atoms with van der Waals surface area (Å²) in [5.74, 6) is -0.186. The van der Waals surface area contributed by atoms with Gasteiger partial charge in [0.15, 0.2) is 5.16 Å². The molecule has 0 aliphatic carbocycles. The Labute approximate surface area is 127 Å². The number of carboxylic acid groups (broad SMARTS) is 1. The number of thioether (sulfide) groups is 1. The van der Waals surface area contributed by atoms with Gasteiger partial charge in [-0.05, 0) is 31.5 Å². The Balaban J connectivity index is 2.29. The normalized spacial score (nSPS) is 10.6. The second kappa shape index (κ2) is 6.62. The van der Waals surface area contributed by atoms with Crippen LogP contribution in [-0.4, -0.2) is 38.1 Å². The Hall–Kier alpha value is -2.02. The second-order valence-electron chi connectivity index (χ2n) is 4.61. The fourth-order valence-electron chi connectivity index (χ4n) is 2.03. The minimum absolute atomic E-state index is 0.0253. The van der Waals surface area contributed by atoms with Gasteiger partial charge in [-0.1, -0.05) is 23.9 Å². The van der Waals surface area contributed by atoms with E-state index in [2.05, 4.69) is 16.3 Å². The zero-order chi connectivity index (χ0) is 15.4. The molecular weight excluding hydrogens is 288 g/mol. The van der Waals surface area contributed by atoms with E-state index in [1.165, 1.54) is 17.3 Å². The van der Waals surface area contributed by atoms with E-state index in [-0.39, 0.29) is 5.75 Å². The number of benzene rings is 1. The Morgan fingerprint density at radius 3 is 2.81 bits per heavy atom. The zero-order valence-corrected chi connectivity index (χ0v) is 13.1. The van der Waals surface area contributed by atoms with Gasteiger partial charge >= 0.3 is 5.97 Å². The number of rotatable bonds is 6. The lowest BCUT2D eigenvalue weighted by atomic mass is 10.2. The molecule has 0 aliphatic rings. The Kier molecular flexibility index (Phi) is 4.85. The van der Waals surface area contributed by atoms with Crippen molar-refractivity contribution >= 4 is 29.4 Å². The van der Waals surface area contributed by atoms with Gasteiger partial charge in [0.05, 0.1) is 5.75 Å². The van der Waals surface area contributed by atoms with E-state index in [4.69, 9.17) is 5.11 Å². The summed E-state index contributed by atoms with van der Waals surface area (Å²) in [5.41, 5.74) is 2.22. The minimum Gasteiger partial charge on any atom is -0.481 e. The van der Waals surface area contributed by atoms with Crippen LogP contribution < -0.4 is 4.90 Å².